The minimum atomic E-state index is -0.959. The van der Waals surface area contributed by atoms with Gasteiger partial charge in [-0.3, -0.25) is 9.20 Å². The molecule has 0 aliphatic heterocycles. The highest BCUT2D eigenvalue weighted by Crippen LogP contribution is 2.27. The molecule has 0 atom stereocenters. The number of nitrogens with zero attached hydrogens (tertiary/aromatic N) is 2. The average molecular weight is 198 g/mol. The van der Waals surface area contributed by atoms with Crippen molar-refractivity contribution < 1.29 is 15.0 Å². The number of hydrogen-bond acceptors (Lipinski definition) is 4. The van der Waals surface area contributed by atoms with Gasteiger partial charge in [0.1, 0.15) is 0 Å². The Bertz CT molecular complexity index is 459. The number of carboxylic acids is 1. The van der Waals surface area contributed by atoms with Crippen molar-refractivity contribution in [3.63, 3.8) is 0 Å². The van der Waals surface area contributed by atoms with E-state index in [0.717, 1.165) is 0 Å². The third kappa shape index (κ3) is 1.25. The van der Waals surface area contributed by atoms with E-state index in [9.17, 15) is 9.90 Å². The Balaban J connectivity index is 2.51. The minimum absolute atomic E-state index is 0.0279. The molecule has 0 amide bonds. The fourth-order valence-electron chi connectivity index (χ4n) is 1.07. The molecule has 2 aromatic heterocycles. The normalized spacial score (nSPS) is 10.8. The summed E-state index contributed by atoms with van der Waals surface area (Å²) in [7, 11) is 0. The summed E-state index contributed by atoms with van der Waals surface area (Å²) in [6, 6.07) is 0. The topological polar surface area (TPSA) is 74.8 Å². The Labute approximate surface area is 76.9 Å². The Hall–Kier alpha value is -1.56. The lowest BCUT2D eigenvalue weighted by atomic mass is 10.4. The first-order chi connectivity index (χ1) is 6.18. The van der Waals surface area contributed by atoms with E-state index in [-0.39, 0.29) is 12.3 Å². The van der Waals surface area contributed by atoms with E-state index in [1.165, 1.54) is 15.7 Å². The third-order valence-corrected chi connectivity index (χ3v) is 2.67. The minimum Gasteiger partial charge on any atom is -0.493 e. The van der Waals surface area contributed by atoms with Crippen LogP contribution in [0.15, 0.2) is 12.4 Å². The van der Waals surface area contributed by atoms with E-state index in [1.54, 1.807) is 12.4 Å². The summed E-state index contributed by atoms with van der Waals surface area (Å²) < 4.78 is 1.46. The molecule has 0 aromatic carbocycles. The molecule has 5 nitrogen and oxygen atoms in total. The van der Waals surface area contributed by atoms with Gasteiger partial charge in [0.15, 0.2) is 4.96 Å². The second kappa shape index (κ2) is 2.74. The fraction of sp³-hybridized carbons (Fsp3) is 0.143. The van der Waals surface area contributed by atoms with Crippen LogP contribution < -0.4 is 0 Å². The second-order valence-corrected chi connectivity index (χ2v) is 3.56. The lowest BCUT2D eigenvalue weighted by Gasteiger charge is -1.91. The SMILES string of the molecule is O=C(O)Cc1sc2nccn2c1O. The van der Waals surface area contributed by atoms with E-state index >= 15 is 0 Å². The summed E-state index contributed by atoms with van der Waals surface area (Å²) in [5.74, 6) is -0.986. The Morgan fingerprint density at radius 3 is 3.08 bits per heavy atom. The van der Waals surface area contributed by atoms with Crippen molar-refractivity contribution in [3.05, 3.63) is 17.3 Å². The van der Waals surface area contributed by atoms with E-state index in [1.807, 2.05) is 0 Å². The van der Waals surface area contributed by atoms with Crippen LogP contribution in [0.1, 0.15) is 4.88 Å². The summed E-state index contributed by atoms with van der Waals surface area (Å²) >= 11 is 1.18. The predicted molar refractivity (Wildman–Crippen MR) is 46.1 cm³/mol. The molecular weight excluding hydrogens is 192 g/mol. The van der Waals surface area contributed by atoms with E-state index < -0.39 is 5.97 Å². The van der Waals surface area contributed by atoms with Gasteiger partial charge in [-0.1, -0.05) is 11.3 Å². The van der Waals surface area contributed by atoms with Gasteiger partial charge in [-0.25, -0.2) is 4.98 Å². The first kappa shape index (κ1) is 8.06. The highest BCUT2D eigenvalue weighted by atomic mass is 32.1. The zero-order valence-corrected chi connectivity index (χ0v) is 7.28. The molecule has 0 fully saturated rings. The maximum atomic E-state index is 10.4. The van der Waals surface area contributed by atoms with Crippen LogP contribution in [0.2, 0.25) is 0 Å². The van der Waals surface area contributed by atoms with Crippen molar-refractivity contribution in [1.82, 2.24) is 9.38 Å². The third-order valence-electron chi connectivity index (χ3n) is 1.61. The van der Waals surface area contributed by atoms with E-state index in [4.69, 9.17) is 5.11 Å². The van der Waals surface area contributed by atoms with Crippen LogP contribution >= 0.6 is 11.3 Å². The Morgan fingerprint density at radius 2 is 2.46 bits per heavy atom. The monoisotopic (exact) mass is 198 g/mol. The largest absolute Gasteiger partial charge is 0.493 e. The van der Waals surface area contributed by atoms with Crippen LogP contribution in [0, 0.1) is 0 Å². The van der Waals surface area contributed by atoms with Crippen molar-refractivity contribution >= 4 is 22.3 Å². The molecule has 0 spiro atoms. The molecule has 0 saturated heterocycles. The molecule has 0 radical (unpaired) electrons. The lowest BCUT2D eigenvalue weighted by Crippen LogP contribution is -1.98. The van der Waals surface area contributed by atoms with Crippen molar-refractivity contribution in [2.45, 2.75) is 6.42 Å². The number of thiazole rings is 1. The maximum Gasteiger partial charge on any atom is 0.308 e. The van der Waals surface area contributed by atoms with Crippen molar-refractivity contribution in [2.24, 2.45) is 0 Å². The number of hydrogen-bond donors (Lipinski definition) is 2. The quantitative estimate of drug-likeness (QED) is 0.745. The standard InChI is InChI=1S/C7H6N2O3S/c10-5(11)3-4-6(12)9-2-1-8-7(9)13-4/h1-2,12H,3H2,(H,10,11). The Kier molecular flexibility index (Phi) is 1.70. The average Bonchev–Trinajstić information content (AvgIpc) is 2.56. The Morgan fingerprint density at radius 1 is 1.69 bits per heavy atom. The number of imidazole rings is 1. The van der Waals surface area contributed by atoms with Crippen LogP contribution in [0.5, 0.6) is 5.88 Å². The zero-order chi connectivity index (χ0) is 9.42. The highest BCUT2D eigenvalue weighted by Gasteiger charge is 2.13. The van der Waals surface area contributed by atoms with Crippen molar-refractivity contribution in [2.75, 3.05) is 0 Å². The van der Waals surface area contributed by atoms with Gasteiger partial charge in [-0.05, 0) is 0 Å². The summed E-state index contributed by atoms with van der Waals surface area (Å²) in [4.78, 5) is 15.4. The van der Waals surface area contributed by atoms with Gasteiger partial charge in [-0.2, -0.15) is 0 Å². The molecule has 2 N–H and O–H groups in total. The number of aromatic nitrogens is 2. The smallest absolute Gasteiger partial charge is 0.308 e. The van der Waals surface area contributed by atoms with Crippen LogP contribution in [-0.4, -0.2) is 25.6 Å². The van der Waals surface area contributed by atoms with E-state index in [0.29, 0.717) is 9.84 Å². The summed E-state index contributed by atoms with van der Waals surface area (Å²) in [5.41, 5.74) is 0. The highest BCUT2D eigenvalue weighted by molar-refractivity contribution is 7.17. The molecule has 0 unspecified atom stereocenters. The number of rotatable bonds is 2. The molecule has 0 aliphatic rings. The van der Waals surface area contributed by atoms with E-state index in [2.05, 4.69) is 4.98 Å². The van der Waals surface area contributed by atoms with Gasteiger partial charge in [0.05, 0.1) is 11.3 Å². The molecule has 68 valence electrons. The fourth-order valence-corrected chi connectivity index (χ4v) is 2.03. The molecule has 6 heteroatoms. The van der Waals surface area contributed by atoms with Crippen LogP contribution in [0.4, 0.5) is 0 Å². The maximum absolute atomic E-state index is 10.4. The molecular formula is C7H6N2O3S. The van der Waals surface area contributed by atoms with Crippen molar-refractivity contribution in [3.8, 4) is 5.88 Å². The molecule has 2 rings (SSSR count). The number of aromatic hydroxyl groups is 1. The first-order valence-corrected chi connectivity index (χ1v) is 4.35. The van der Waals surface area contributed by atoms with Crippen LogP contribution in [0.25, 0.3) is 4.96 Å². The number of carbonyl (C=O) groups is 1. The van der Waals surface area contributed by atoms with Gasteiger partial charge in [0, 0.05) is 12.4 Å². The summed E-state index contributed by atoms with van der Waals surface area (Å²) in [6.07, 6.45) is 2.97. The van der Waals surface area contributed by atoms with Gasteiger partial charge in [-0.15, -0.1) is 0 Å². The molecule has 13 heavy (non-hydrogen) atoms. The zero-order valence-electron chi connectivity index (χ0n) is 6.47. The molecule has 2 aromatic rings. The lowest BCUT2D eigenvalue weighted by molar-refractivity contribution is -0.136. The van der Waals surface area contributed by atoms with Gasteiger partial charge >= 0.3 is 5.97 Å². The number of fused-ring (bicyclic) bond motifs is 1. The second-order valence-electron chi connectivity index (χ2n) is 2.50. The molecule has 0 bridgehead atoms. The summed E-state index contributed by atoms with van der Waals surface area (Å²) in [6.45, 7) is 0. The molecule has 0 saturated carbocycles. The van der Waals surface area contributed by atoms with Gasteiger partial charge in [0.2, 0.25) is 5.88 Å². The van der Waals surface area contributed by atoms with Crippen molar-refractivity contribution in [1.29, 1.82) is 0 Å². The van der Waals surface area contributed by atoms with Gasteiger partial charge in [0.25, 0.3) is 0 Å². The number of aliphatic carboxylic acids is 1. The molecule has 2 heterocycles. The van der Waals surface area contributed by atoms with Gasteiger partial charge < -0.3 is 10.2 Å². The molecule has 0 aliphatic carbocycles. The summed E-state index contributed by atoms with van der Waals surface area (Å²) in [5, 5.41) is 18.0. The first-order valence-electron chi connectivity index (χ1n) is 3.54. The predicted octanol–water partition coefficient (Wildman–Crippen LogP) is 0.728. The number of carboxylic acid groups (broad SMARTS) is 1. The van der Waals surface area contributed by atoms with Crippen LogP contribution in [0.3, 0.4) is 0 Å². The van der Waals surface area contributed by atoms with Crippen LogP contribution in [-0.2, 0) is 11.2 Å².